The lowest BCUT2D eigenvalue weighted by Gasteiger charge is -2.39. The number of carbonyl (C=O) groups is 2. The second-order valence-electron chi connectivity index (χ2n) is 5.65. The molecule has 0 unspecified atom stereocenters. The fourth-order valence-electron chi connectivity index (χ4n) is 2.87. The van der Waals surface area contributed by atoms with E-state index in [2.05, 4.69) is 0 Å². The Kier molecular flexibility index (Phi) is 4.63. The van der Waals surface area contributed by atoms with Crippen molar-refractivity contribution in [2.24, 2.45) is 11.1 Å². The number of carboxylic acids is 1. The lowest BCUT2D eigenvalue weighted by atomic mass is 9.76. The highest BCUT2D eigenvalue weighted by atomic mass is 16.4. The number of hydrogen-bond donors (Lipinski definition) is 2. The van der Waals surface area contributed by atoms with Crippen LogP contribution in [0, 0.1) is 5.41 Å². The summed E-state index contributed by atoms with van der Waals surface area (Å²) in [6.07, 6.45) is 1.58. The number of piperidine rings is 1. The van der Waals surface area contributed by atoms with Crippen LogP contribution in [0.4, 0.5) is 0 Å². The first-order valence-corrected chi connectivity index (χ1v) is 7.33. The quantitative estimate of drug-likeness (QED) is 0.885. The van der Waals surface area contributed by atoms with E-state index in [1.165, 1.54) is 0 Å². The van der Waals surface area contributed by atoms with Gasteiger partial charge in [0.1, 0.15) is 6.04 Å². The van der Waals surface area contributed by atoms with Crippen LogP contribution < -0.4 is 5.73 Å². The van der Waals surface area contributed by atoms with Crippen LogP contribution in [0.3, 0.4) is 0 Å². The number of carboxylic acid groups (broad SMARTS) is 1. The molecule has 0 radical (unpaired) electrons. The molecule has 5 nitrogen and oxygen atoms in total. The van der Waals surface area contributed by atoms with Crippen LogP contribution in [0.15, 0.2) is 30.3 Å². The maximum Gasteiger partial charge on any atom is 0.309 e. The van der Waals surface area contributed by atoms with E-state index in [1.54, 1.807) is 4.90 Å². The van der Waals surface area contributed by atoms with Crippen molar-refractivity contribution in [2.45, 2.75) is 32.2 Å². The van der Waals surface area contributed by atoms with Gasteiger partial charge in [-0.1, -0.05) is 37.3 Å². The molecule has 1 aromatic rings. The molecule has 2 rings (SSSR count). The van der Waals surface area contributed by atoms with Crippen LogP contribution in [-0.2, 0) is 9.59 Å². The minimum atomic E-state index is -0.760. The molecule has 21 heavy (non-hydrogen) atoms. The predicted molar refractivity (Wildman–Crippen MR) is 79.5 cm³/mol. The average Bonchev–Trinajstić information content (AvgIpc) is 2.54. The maximum absolute atomic E-state index is 12.4. The molecule has 1 fully saturated rings. The second-order valence-corrected chi connectivity index (χ2v) is 5.65. The molecular formula is C16H22N2O3. The number of nitrogens with two attached hydrogens (primary N) is 1. The van der Waals surface area contributed by atoms with Gasteiger partial charge < -0.3 is 15.7 Å². The number of aliphatic carboxylic acids is 1. The first-order chi connectivity index (χ1) is 10.00. The molecule has 1 amide bonds. The molecule has 1 heterocycles. The highest BCUT2D eigenvalue weighted by molar-refractivity contribution is 5.83. The Morgan fingerprint density at radius 2 is 1.86 bits per heavy atom. The van der Waals surface area contributed by atoms with Crippen LogP contribution in [-0.4, -0.2) is 35.0 Å². The summed E-state index contributed by atoms with van der Waals surface area (Å²) in [6.45, 7) is 2.81. The van der Waals surface area contributed by atoms with Gasteiger partial charge in [-0.3, -0.25) is 9.59 Å². The zero-order chi connectivity index (χ0) is 15.5. The topological polar surface area (TPSA) is 83.6 Å². The summed E-state index contributed by atoms with van der Waals surface area (Å²) < 4.78 is 0. The molecule has 1 saturated heterocycles. The highest BCUT2D eigenvalue weighted by Gasteiger charge is 2.41. The smallest absolute Gasteiger partial charge is 0.309 e. The van der Waals surface area contributed by atoms with Crippen molar-refractivity contribution in [1.82, 2.24) is 4.90 Å². The standard InChI is InChI=1S/C16H22N2O3/c1-2-16(15(20)21)8-10-18(11-9-16)14(19)13(17)12-6-4-3-5-7-12/h3-7,13H,2,8-11,17H2,1H3,(H,20,21)/t13-/m0/s1. The van der Waals surface area contributed by atoms with Crippen molar-refractivity contribution in [3.8, 4) is 0 Å². The Bertz CT molecular complexity index is 508. The molecule has 1 aliphatic heterocycles. The molecule has 1 aliphatic rings. The van der Waals surface area contributed by atoms with Crippen molar-refractivity contribution in [3.63, 3.8) is 0 Å². The third kappa shape index (κ3) is 3.08. The molecule has 0 spiro atoms. The maximum atomic E-state index is 12.4. The number of carbonyl (C=O) groups excluding carboxylic acids is 1. The normalized spacial score (nSPS) is 19.0. The number of likely N-dealkylation sites (tertiary alicyclic amines) is 1. The molecular weight excluding hydrogens is 268 g/mol. The Morgan fingerprint density at radius 3 is 2.33 bits per heavy atom. The van der Waals surface area contributed by atoms with Gasteiger partial charge in [0.2, 0.25) is 5.91 Å². The molecule has 114 valence electrons. The number of rotatable bonds is 4. The summed E-state index contributed by atoms with van der Waals surface area (Å²) >= 11 is 0. The third-order valence-electron chi connectivity index (χ3n) is 4.59. The molecule has 3 N–H and O–H groups in total. The van der Waals surface area contributed by atoms with Gasteiger partial charge in [0.05, 0.1) is 5.41 Å². The summed E-state index contributed by atoms with van der Waals surface area (Å²) in [5.41, 5.74) is 6.12. The monoisotopic (exact) mass is 290 g/mol. The number of hydrogen-bond acceptors (Lipinski definition) is 3. The van der Waals surface area contributed by atoms with Crippen molar-refractivity contribution in [1.29, 1.82) is 0 Å². The second kappa shape index (κ2) is 6.26. The number of amides is 1. The Labute approximate surface area is 124 Å². The van der Waals surface area contributed by atoms with Crippen LogP contribution in [0.25, 0.3) is 0 Å². The summed E-state index contributed by atoms with van der Waals surface area (Å²) in [6, 6.07) is 8.57. The summed E-state index contributed by atoms with van der Waals surface area (Å²) in [7, 11) is 0. The van der Waals surface area contributed by atoms with Gasteiger partial charge in [-0.15, -0.1) is 0 Å². The third-order valence-corrected chi connectivity index (χ3v) is 4.59. The lowest BCUT2D eigenvalue weighted by molar-refractivity contribution is -0.154. The van der Waals surface area contributed by atoms with Gasteiger partial charge in [0.25, 0.3) is 0 Å². The lowest BCUT2D eigenvalue weighted by Crippen LogP contribution is -2.48. The summed E-state index contributed by atoms with van der Waals surface area (Å²) in [5.74, 6) is -0.888. The predicted octanol–water partition coefficient (Wildman–Crippen LogP) is 1.79. The summed E-state index contributed by atoms with van der Waals surface area (Å²) in [5, 5.41) is 9.37. The minimum Gasteiger partial charge on any atom is -0.481 e. The Morgan fingerprint density at radius 1 is 1.29 bits per heavy atom. The van der Waals surface area contributed by atoms with Crippen LogP contribution in [0.1, 0.15) is 37.8 Å². The van der Waals surface area contributed by atoms with Crippen LogP contribution in [0.5, 0.6) is 0 Å². The van der Waals surface area contributed by atoms with Crippen LogP contribution >= 0.6 is 0 Å². The Hall–Kier alpha value is -1.88. The molecule has 0 saturated carbocycles. The number of benzene rings is 1. The first-order valence-electron chi connectivity index (χ1n) is 7.33. The van der Waals surface area contributed by atoms with E-state index in [0.717, 1.165) is 5.56 Å². The SMILES string of the molecule is CCC1(C(=O)O)CCN(C(=O)[C@@H](N)c2ccccc2)CC1. The van der Waals surface area contributed by atoms with Gasteiger partial charge in [0, 0.05) is 13.1 Å². The Balaban J connectivity index is 2.02. The molecule has 1 aromatic carbocycles. The van der Waals surface area contributed by atoms with E-state index < -0.39 is 17.4 Å². The fraction of sp³-hybridized carbons (Fsp3) is 0.500. The molecule has 0 bridgehead atoms. The van der Waals surface area contributed by atoms with Gasteiger partial charge in [-0.05, 0) is 24.8 Å². The van der Waals surface area contributed by atoms with Gasteiger partial charge in [-0.2, -0.15) is 0 Å². The fourth-order valence-corrected chi connectivity index (χ4v) is 2.87. The van der Waals surface area contributed by atoms with E-state index in [0.29, 0.717) is 32.4 Å². The van der Waals surface area contributed by atoms with Crippen LogP contribution in [0.2, 0.25) is 0 Å². The van der Waals surface area contributed by atoms with Crippen molar-refractivity contribution >= 4 is 11.9 Å². The van der Waals surface area contributed by atoms with E-state index in [1.807, 2.05) is 37.3 Å². The average molecular weight is 290 g/mol. The van der Waals surface area contributed by atoms with E-state index >= 15 is 0 Å². The minimum absolute atomic E-state index is 0.128. The summed E-state index contributed by atoms with van der Waals surface area (Å²) in [4.78, 5) is 25.5. The van der Waals surface area contributed by atoms with Gasteiger partial charge in [0.15, 0.2) is 0 Å². The zero-order valence-electron chi connectivity index (χ0n) is 12.3. The van der Waals surface area contributed by atoms with Crippen molar-refractivity contribution in [2.75, 3.05) is 13.1 Å². The van der Waals surface area contributed by atoms with Crippen molar-refractivity contribution < 1.29 is 14.7 Å². The molecule has 5 heteroatoms. The van der Waals surface area contributed by atoms with Gasteiger partial charge in [-0.25, -0.2) is 0 Å². The highest BCUT2D eigenvalue weighted by Crippen LogP contribution is 2.35. The van der Waals surface area contributed by atoms with Gasteiger partial charge >= 0.3 is 5.97 Å². The largest absolute Gasteiger partial charge is 0.481 e. The number of nitrogens with zero attached hydrogens (tertiary/aromatic N) is 1. The first kappa shape index (κ1) is 15.5. The molecule has 0 aromatic heterocycles. The van der Waals surface area contributed by atoms with E-state index in [4.69, 9.17) is 5.73 Å². The zero-order valence-corrected chi connectivity index (χ0v) is 12.3. The van der Waals surface area contributed by atoms with Crippen molar-refractivity contribution in [3.05, 3.63) is 35.9 Å². The molecule has 0 aliphatic carbocycles. The van der Waals surface area contributed by atoms with E-state index in [9.17, 15) is 14.7 Å². The molecule has 1 atom stereocenters. The van der Waals surface area contributed by atoms with E-state index in [-0.39, 0.29) is 5.91 Å².